The second-order valence-corrected chi connectivity index (χ2v) is 4.88. The Bertz CT molecular complexity index is 392. The highest BCUT2D eigenvalue weighted by Crippen LogP contribution is 2.32. The van der Waals surface area contributed by atoms with Crippen LogP contribution in [-0.4, -0.2) is 5.91 Å². The minimum absolute atomic E-state index is 0.190. The Morgan fingerprint density at radius 2 is 2.19 bits per heavy atom. The summed E-state index contributed by atoms with van der Waals surface area (Å²) in [7, 11) is 0. The summed E-state index contributed by atoms with van der Waals surface area (Å²) in [5, 5.41) is 3.16. The van der Waals surface area contributed by atoms with E-state index in [0.29, 0.717) is 0 Å². The highest BCUT2D eigenvalue weighted by Gasteiger charge is 2.29. The zero-order valence-corrected chi connectivity index (χ0v) is 9.37. The average molecular weight is 219 g/mol. The van der Waals surface area contributed by atoms with Crippen LogP contribution in [0.3, 0.4) is 0 Å². The van der Waals surface area contributed by atoms with Crippen molar-refractivity contribution >= 4 is 5.91 Å². The summed E-state index contributed by atoms with van der Waals surface area (Å²) in [6, 6.07) is 2.19. The number of amides is 1. The van der Waals surface area contributed by atoms with Gasteiger partial charge in [0.05, 0.1) is 12.3 Å². The molecule has 1 atom stereocenters. The quantitative estimate of drug-likeness (QED) is 0.830. The van der Waals surface area contributed by atoms with E-state index in [1.54, 1.807) is 6.26 Å². The molecule has 0 aliphatic heterocycles. The summed E-state index contributed by atoms with van der Waals surface area (Å²) in [6.07, 6.45) is 8.24. The molecule has 1 saturated carbocycles. The highest BCUT2D eigenvalue weighted by molar-refractivity contribution is 5.79. The number of carbonyl (C=O) groups excluding carboxylic acids is 1. The smallest absolute Gasteiger partial charge is 0.223 e. The summed E-state index contributed by atoms with van der Waals surface area (Å²) in [5.74, 6) is 1.58. The van der Waals surface area contributed by atoms with Crippen LogP contribution in [0.25, 0.3) is 0 Å². The van der Waals surface area contributed by atoms with Gasteiger partial charge in [0.1, 0.15) is 5.76 Å². The van der Waals surface area contributed by atoms with Gasteiger partial charge in [-0.05, 0) is 31.7 Å². The Balaban J connectivity index is 1.70. The van der Waals surface area contributed by atoms with Crippen LogP contribution in [0.4, 0.5) is 0 Å². The predicted molar refractivity (Wildman–Crippen MR) is 59.9 cm³/mol. The molecule has 1 heterocycles. The summed E-state index contributed by atoms with van der Waals surface area (Å²) in [4.78, 5) is 11.9. The first-order chi connectivity index (χ1) is 7.84. The molecular weight excluding hydrogens is 202 g/mol. The number of aryl methyl sites for hydroxylation is 1. The van der Waals surface area contributed by atoms with Gasteiger partial charge >= 0.3 is 0 Å². The molecule has 1 aromatic heterocycles. The molecule has 0 bridgehead atoms. The van der Waals surface area contributed by atoms with Crippen LogP contribution in [0.15, 0.2) is 16.7 Å². The van der Waals surface area contributed by atoms with Gasteiger partial charge in [-0.3, -0.25) is 4.79 Å². The molecule has 1 aromatic rings. The van der Waals surface area contributed by atoms with Crippen molar-refractivity contribution in [3.05, 3.63) is 23.7 Å². The zero-order chi connectivity index (χ0) is 11.0. The van der Waals surface area contributed by atoms with E-state index in [4.69, 9.17) is 4.42 Å². The Hall–Kier alpha value is -1.25. The van der Waals surface area contributed by atoms with Crippen LogP contribution in [0.1, 0.15) is 49.5 Å². The topological polar surface area (TPSA) is 42.2 Å². The molecule has 0 aromatic carbocycles. The largest absolute Gasteiger partial charge is 0.469 e. The average Bonchev–Trinajstić information content (AvgIpc) is 2.63. The minimum atomic E-state index is 0.190. The molecule has 3 rings (SSSR count). The summed E-state index contributed by atoms with van der Waals surface area (Å²) in [6.45, 7) is 0. The van der Waals surface area contributed by atoms with Crippen molar-refractivity contribution in [1.29, 1.82) is 0 Å². The maximum absolute atomic E-state index is 11.9. The number of furan rings is 1. The maximum atomic E-state index is 11.9. The third-order valence-corrected chi connectivity index (χ3v) is 3.84. The van der Waals surface area contributed by atoms with Gasteiger partial charge in [-0.1, -0.05) is 6.42 Å². The van der Waals surface area contributed by atoms with Crippen molar-refractivity contribution in [1.82, 2.24) is 5.32 Å². The third kappa shape index (κ3) is 1.64. The Morgan fingerprint density at radius 3 is 2.94 bits per heavy atom. The first-order valence-electron chi connectivity index (χ1n) is 6.21. The molecule has 16 heavy (non-hydrogen) atoms. The van der Waals surface area contributed by atoms with Gasteiger partial charge in [0.25, 0.3) is 0 Å². The Kier molecular flexibility index (Phi) is 2.46. The predicted octanol–water partition coefficient (Wildman–Crippen LogP) is 2.57. The molecule has 3 nitrogen and oxygen atoms in total. The number of fused-ring (bicyclic) bond motifs is 1. The number of hydrogen-bond acceptors (Lipinski definition) is 2. The van der Waals surface area contributed by atoms with E-state index in [2.05, 4.69) is 5.32 Å². The van der Waals surface area contributed by atoms with E-state index in [9.17, 15) is 4.79 Å². The minimum Gasteiger partial charge on any atom is -0.469 e. The monoisotopic (exact) mass is 219 g/mol. The number of hydrogen-bond donors (Lipinski definition) is 1. The van der Waals surface area contributed by atoms with Crippen molar-refractivity contribution < 1.29 is 9.21 Å². The number of nitrogens with one attached hydrogen (secondary N) is 1. The van der Waals surface area contributed by atoms with Crippen molar-refractivity contribution in [3.63, 3.8) is 0 Å². The van der Waals surface area contributed by atoms with E-state index < -0.39 is 0 Å². The van der Waals surface area contributed by atoms with Gasteiger partial charge in [-0.25, -0.2) is 0 Å². The van der Waals surface area contributed by atoms with Gasteiger partial charge in [-0.2, -0.15) is 0 Å². The Morgan fingerprint density at radius 1 is 1.31 bits per heavy atom. The summed E-state index contributed by atoms with van der Waals surface area (Å²) < 4.78 is 5.42. The summed E-state index contributed by atoms with van der Waals surface area (Å²) >= 11 is 0. The molecule has 1 amide bonds. The lowest BCUT2D eigenvalue weighted by Gasteiger charge is -2.29. The fourth-order valence-corrected chi connectivity index (χ4v) is 2.60. The van der Waals surface area contributed by atoms with Gasteiger partial charge in [-0.15, -0.1) is 0 Å². The number of rotatable bonds is 2. The molecule has 1 N–H and O–H groups in total. The fraction of sp³-hybridized carbons (Fsp3) is 0.615. The van der Waals surface area contributed by atoms with Crippen LogP contribution in [0.5, 0.6) is 0 Å². The fourth-order valence-electron chi connectivity index (χ4n) is 2.60. The SMILES string of the molecule is O=C(N[C@H]1CCCc2occc21)C1CCC1. The maximum Gasteiger partial charge on any atom is 0.223 e. The van der Waals surface area contributed by atoms with Crippen LogP contribution >= 0.6 is 0 Å². The molecule has 2 aliphatic rings. The van der Waals surface area contributed by atoms with Gasteiger partial charge < -0.3 is 9.73 Å². The van der Waals surface area contributed by atoms with Crippen molar-refractivity contribution in [2.24, 2.45) is 5.92 Å². The standard InChI is InChI=1S/C13H17NO2/c15-13(9-3-1-4-9)14-11-5-2-6-12-10(11)7-8-16-12/h7-9,11H,1-6H2,(H,14,15)/t11-/m0/s1. The van der Waals surface area contributed by atoms with Gasteiger partial charge in [0.2, 0.25) is 5.91 Å². The zero-order valence-electron chi connectivity index (χ0n) is 9.37. The van der Waals surface area contributed by atoms with Gasteiger partial charge in [0, 0.05) is 17.9 Å². The van der Waals surface area contributed by atoms with E-state index in [-0.39, 0.29) is 17.9 Å². The van der Waals surface area contributed by atoms with E-state index in [1.807, 2.05) is 6.07 Å². The lowest BCUT2D eigenvalue weighted by Crippen LogP contribution is -2.37. The van der Waals surface area contributed by atoms with Crippen LogP contribution < -0.4 is 5.32 Å². The van der Waals surface area contributed by atoms with Crippen LogP contribution in [0, 0.1) is 5.92 Å². The Labute approximate surface area is 95.2 Å². The van der Waals surface area contributed by atoms with Crippen molar-refractivity contribution in [2.75, 3.05) is 0 Å². The normalized spacial score (nSPS) is 24.6. The molecule has 0 saturated heterocycles. The van der Waals surface area contributed by atoms with Crippen molar-refractivity contribution in [3.8, 4) is 0 Å². The molecular formula is C13H17NO2. The molecule has 0 radical (unpaired) electrons. The molecule has 1 fully saturated rings. The summed E-state index contributed by atoms with van der Waals surface area (Å²) in [5.41, 5.74) is 1.19. The number of carbonyl (C=O) groups is 1. The van der Waals surface area contributed by atoms with E-state index >= 15 is 0 Å². The highest BCUT2D eigenvalue weighted by atomic mass is 16.3. The van der Waals surface area contributed by atoms with E-state index in [1.165, 1.54) is 12.0 Å². The second kappa shape index (κ2) is 3.96. The van der Waals surface area contributed by atoms with E-state index in [0.717, 1.165) is 37.9 Å². The lowest BCUT2D eigenvalue weighted by atomic mass is 9.84. The molecule has 0 unspecified atom stereocenters. The molecule has 0 spiro atoms. The van der Waals surface area contributed by atoms with Crippen molar-refractivity contribution in [2.45, 2.75) is 44.6 Å². The third-order valence-electron chi connectivity index (χ3n) is 3.84. The lowest BCUT2D eigenvalue weighted by molar-refractivity contribution is -0.128. The molecule has 3 heteroatoms. The van der Waals surface area contributed by atoms with Crippen LogP contribution in [0.2, 0.25) is 0 Å². The molecule has 2 aliphatic carbocycles. The first-order valence-corrected chi connectivity index (χ1v) is 6.21. The van der Waals surface area contributed by atoms with Crippen LogP contribution in [-0.2, 0) is 11.2 Å². The first kappa shape index (κ1) is 9.94. The molecule has 86 valence electrons. The van der Waals surface area contributed by atoms with Gasteiger partial charge in [0.15, 0.2) is 0 Å². The second-order valence-electron chi connectivity index (χ2n) is 4.88.